The average molecular weight is 277 g/mol. The minimum Gasteiger partial charge on any atom is -0.280 e. The summed E-state index contributed by atoms with van der Waals surface area (Å²) in [6, 6.07) is 1.49. The van der Waals surface area contributed by atoms with Crippen molar-refractivity contribution in [3.05, 3.63) is 46.3 Å². The molecule has 102 valence electrons. The van der Waals surface area contributed by atoms with E-state index in [1.165, 1.54) is 0 Å². The molecule has 20 heavy (non-hydrogen) atoms. The highest BCUT2D eigenvalue weighted by Crippen LogP contribution is 2.32. The number of aromatic nitrogens is 2. The molecule has 0 bridgehead atoms. The van der Waals surface area contributed by atoms with Crippen LogP contribution in [-0.2, 0) is 0 Å². The van der Waals surface area contributed by atoms with Crippen LogP contribution < -0.4 is 4.90 Å². The van der Waals surface area contributed by atoms with Crippen molar-refractivity contribution in [2.24, 2.45) is 0 Å². The van der Waals surface area contributed by atoms with Crippen molar-refractivity contribution in [1.29, 1.82) is 0 Å². The van der Waals surface area contributed by atoms with Gasteiger partial charge in [-0.2, -0.15) is 5.10 Å². The first-order valence-electron chi connectivity index (χ1n) is 5.81. The maximum Gasteiger partial charge on any atom is 0.266 e. The Morgan fingerprint density at radius 3 is 1.95 bits per heavy atom. The Bertz CT molecular complexity index is 707. The van der Waals surface area contributed by atoms with Crippen molar-refractivity contribution in [1.82, 2.24) is 10.2 Å². The number of halogens is 2. The van der Waals surface area contributed by atoms with E-state index in [-0.39, 0.29) is 11.1 Å². The Morgan fingerprint density at radius 2 is 1.55 bits per heavy atom. The van der Waals surface area contributed by atoms with Gasteiger partial charge in [0.25, 0.3) is 11.8 Å². The second kappa shape index (κ2) is 3.96. The first-order chi connectivity index (χ1) is 9.41. The number of rotatable bonds is 1. The molecule has 1 aliphatic heterocycles. The SMILES string of the molecule is Cc1n[nH]c(C)c1N1C(=O)c2cc(F)c(F)cc2C1=O. The smallest absolute Gasteiger partial charge is 0.266 e. The van der Waals surface area contributed by atoms with Crippen LogP contribution in [0.5, 0.6) is 0 Å². The zero-order chi connectivity index (χ0) is 14.6. The van der Waals surface area contributed by atoms with Gasteiger partial charge in [-0.1, -0.05) is 0 Å². The van der Waals surface area contributed by atoms with Gasteiger partial charge in [0, 0.05) is 0 Å². The summed E-state index contributed by atoms with van der Waals surface area (Å²) in [5, 5.41) is 6.57. The third kappa shape index (κ3) is 1.49. The number of carbonyl (C=O) groups excluding carboxylic acids is 2. The van der Waals surface area contributed by atoms with Crippen LogP contribution in [0.4, 0.5) is 14.5 Å². The van der Waals surface area contributed by atoms with Gasteiger partial charge in [0.15, 0.2) is 11.6 Å². The van der Waals surface area contributed by atoms with Crippen LogP contribution in [0, 0.1) is 25.5 Å². The van der Waals surface area contributed by atoms with E-state index in [2.05, 4.69) is 10.2 Å². The fourth-order valence-corrected chi connectivity index (χ4v) is 2.31. The van der Waals surface area contributed by atoms with E-state index in [0.717, 1.165) is 17.0 Å². The predicted molar refractivity (Wildman–Crippen MR) is 65.6 cm³/mol. The minimum absolute atomic E-state index is 0.145. The molecule has 2 amide bonds. The van der Waals surface area contributed by atoms with Gasteiger partial charge in [-0.05, 0) is 26.0 Å². The maximum absolute atomic E-state index is 13.2. The zero-order valence-corrected chi connectivity index (χ0v) is 10.6. The van der Waals surface area contributed by atoms with E-state index in [4.69, 9.17) is 0 Å². The summed E-state index contributed by atoms with van der Waals surface area (Å²) in [4.78, 5) is 25.4. The lowest BCUT2D eigenvalue weighted by Crippen LogP contribution is -2.30. The molecule has 0 saturated carbocycles. The third-order valence-corrected chi connectivity index (χ3v) is 3.24. The van der Waals surface area contributed by atoms with Gasteiger partial charge in [-0.15, -0.1) is 0 Å². The number of nitrogens with zero attached hydrogens (tertiary/aromatic N) is 2. The van der Waals surface area contributed by atoms with Gasteiger partial charge in [0.2, 0.25) is 0 Å². The van der Waals surface area contributed by atoms with E-state index in [0.29, 0.717) is 17.1 Å². The summed E-state index contributed by atoms with van der Waals surface area (Å²) in [7, 11) is 0. The quantitative estimate of drug-likeness (QED) is 0.812. The first-order valence-corrected chi connectivity index (χ1v) is 5.81. The molecule has 0 atom stereocenters. The zero-order valence-electron chi connectivity index (χ0n) is 10.6. The number of hydrogen-bond donors (Lipinski definition) is 1. The minimum atomic E-state index is -1.16. The number of aryl methyl sites for hydroxylation is 2. The lowest BCUT2D eigenvalue weighted by molar-refractivity contribution is 0.0925. The second-order valence-electron chi connectivity index (χ2n) is 4.54. The summed E-state index contributed by atoms with van der Waals surface area (Å²) < 4.78 is 26.5. The number of hydrogen-bond acceptors (Lipinski definition) is 3. The highest BCUT2D eigenvalue weighted by atomic mass is 19.2. The molecule has 2 heterocycles. The van der Waals surface area contributed by atoms with Crippen molar-refractivity contribution in [3.63, 3.8) is 0 Å². The summed E-state index contributed by atoms with van der Waals surface area (Å²) in [5.41, 5.74) is 1.01. The standard InChI is InChI=1S/C13H9F2N3O2/c1-5-11(6(2)17-16-5)18-12(19)7-3-9(14)10(15)4-8(7)13(18)20/h3-4H,1-2H3,(H,16,17). The Balaban J connectivity index is 2.20. The van der Waals surface area contributed by atoms with Crippen LogP contribution >= 0.6 is 0 Å². The number of fused-ring (bicyclic) bond motifs is 1. The number of nitrogens with one attached hydrogen (secondary N) is 1. The summed E-state index contributed by atoms with van der Waals surface area (Å²) >= 11 is 0. The number of anilines is 1. The Kier molecular flexibility index (Phi) is 2.47. The number of H-pyrrole nitrogens is 1. The number of aromatic amines is 1. The van der Waals surface area contributed by atoms with Crippen LogP contribution in [0.15, 0.2) is 12.1 Å². The molecule has 3 rings (SSSR count). The van der Waals surface area contributed by atoms with Crippen LogP contribution in [-0.4, -0.2) is 22.0 Å². The summed E-state index contributed by atoms with van der Waals surface area (Å²) in [5.74, 6) is -3.69. The molecule has 5 nitrogen and oxygen atoms in total. The molecule has 1 aliphatic rings. The maximum atomic E-state index is 13.2. The molecule has 1 N–H and O–H groups in total. The number of amides is 2. The van der Waals surface area contributed by atoms with Crippen LogP contribution in [0.2, 0.25) is 0 Å². The fraction of sp³-hybridized carbons (Fsp3) is 0.154. The van der Waals surface area contributed by atoms with Crippen molar-refractivity contribution in [2.75, 3.05) is 4.90 Å². The fourth-order valence-electron chi connectivity index (χ4n) is 2.31. The normalized spacial score (nSPS) is 14.1. The van der Waals surface area contributed by atoms with Crippen molar-refractivity contribution in [2.45, 2.75) is 13.8 Å². The topological polar surface area (TPSA) is 66.1 Å². The van der Waals surface area contributed by atoms with Gasteiger partial charge in [0.1, 0.15) is 0 Å². The number of imide groups is 1. The van der Waals surface area contributed by atoms with Gasteiger partial charge >= 0.3 is 0 Å². The summed E-state index contributed by atoms with van der Waals surface area (Å²) in [6.07, 6.45) is 0. The lowest BCUT2D eigenvalue weighted by atomic mass is 10.1. The Morgan fingerprint density at radius 1 is 1.05 bits per heavy atom. The highest BCUT2D eigenvalue weighted by molar-refractivity contribution is 6.34. The number of carbonyl (C=O) groups is 2. The van der Waals surface area contributed by atoms with Gasteiger partial charge < -0.3 is 0 Å². The largest absolute Gasteiger partial charge is 0.280 e. The molecular weight excluding hydrogens is 268 g/mol. The second-order valence-corrected chi connectivity index (χ2v) is 4.54. The molecule has 1 aromatic heterocycles. The lowest BCUT2D eigenvalue weighted by Gasteiger charge is -2.13. The van der Waals surface area contributed by atoms with Gasteiger partial charge in [-0.3, -0.25) is 14.7 Å². The summed E-state index contributed by atoms with van der Waals surface area (Å²) in [6.45, 7) is 3.28. The first kappa shape index (κ1) is 12.5. The van der Waals surface area contributed by atoms with E-state index >= 15 is 0 Å². The van der Waals surface area contributed by atoms with E-state index < -0.39 is 23.4 Å². The third-order valence-electron chi connectivity index (χ3n) is 3.24. The van der Waals surface area contributed by atoms with Gasteiger partial charge in [0.05, 0.1) is 28.2 Å². The molecule has 7 heteroatoms. The van der Waals surface area contributed by atoms with E-state index in [9.17, 15) is 18.4 Å². The molecule has 0 unspecified atom stereocenters. The van der Waals surface area contributed by atoms with Crippen LogP contribution in [0.25, 0.3) is 0 Å². The van der Waals surface area contributed by atoms with Crippen LogP contribution in [0.1, 0.15) is 32.1 Å². The monoisotopic (exact) mass is 277 g/mol. The molecule has 0 spiro atoms. The molecule has 0 radical (unpaired) electrons. The van der Waals surface area contributed by atoms with Gasteiger partial charge in [-0.25, -0.2) is 13.7 Å². The predicted octanol–water partition coefficient (Wildman–Crippen LogP) is 2.11. The van der Waals surface area contributed by atoms with Crippen molar-refractivity contribution < 1.29 is 18.4 Å². The molecule has 0 aliphatic carbocycles. The van der Waals surface area contributed by atoms with E-state index in [1.54, 1.807) is 13.8 Å². The van der Waals surface area contributed by atoms with Crippen LogP contribution in [0.3, 0.4) is 0 Å². The molecule has 0 saturated heterocycles. The number of benzene rings is 1. The van der Waals surface area contributed by atoms with Crippen molar-refractivity contribution >= 4 is 17.5 Å². The Hall–Kier alpha value is -2.57. The average Bonchev–Trinajstić information content (AvgIpc) is 2.83. The van der Waals surface area contributed by atoms with E-state index in [1.807, 2.05) is 0 Å². The molecule has 2 aromatic rings. The molecule has 1 aromatic carbocycles. The highest BCUT2D eigenvalue weighted by Gasteiger charge is 2.39. The van der Waals surface area contributed by atoms with Crippen molar-refractivity contribution in [3.8, 4) is 0 Å². The Labute approximate surface area is 112 Å². The molecule has 0 fully saturated rings. The molecular formula is C13H9F2N3O2.